The lowest BCUT2D eigenvalue weighted by Crippen LogP contribution is -2.36. The molecule has 0 saturated carbocycles. The Morgan fingerprint density at radius 1 is 1.32 bits per heavy atom. The van der Waals surface area contributed by atoms with Gasteiger partial charge >= 0.3 is 6.18 Å². The SMILES string of the molecule is CN(CC(F)(F)F)S(=O)(=O)c1c(N)cc(Br)cc1Br. The number of halogens is 5. The second kappa shape index (κ2) is 5.58. The molecule has 1 aromatic rings. The first-order chi connectivity index (χ1) is 8.45. The van der Waals surface area contributed by atoms with Crippen LogP contribution in [0.4, 0.5) is 18.9 Å². The molecule has 0 fully saturated rings. The third-order valence-corrected chi connectivity index (χ3v) is 5.37. The van der Waals surface area contributed by atoms with Gasteiger partial charge in [-0.3, -0.25) is 0 Å². The first-order valence-electron chi connectivity index (χ1n) is 4.73. The smallest absolute Gasteiger partial charge is 0.398 e. The summed E-state index contributed by atoms with van der Waals surface area (Å²) in [7, 11) is -3.49. The predicted octanol–water partition coefficient (Wildman–Crippen LogP) is 2.98. The van der Waals surface area contributed by atoms with Crippen LogP contribution in [0.25, 0.3) is 0 Å². The highest BCUT2D eigenvalue weighted by molar-refractivity contribution is 9.11. The zero-order valence-corrected chi connectivity index (χ0v) is 13.5. The van der Waals surface area contributed by atoms with Gasteiger partial charge in [0.15, 0.2) is 0 Å². The van der Waals surface area contributed by atoms with Crippen LogP contribution in [-0.4, -0.2) is 32.5 Å². The van der Waals surface area contributed by atoms with E-state index in [1.54, 1.807) is 0 Å². The van der Waals surface area contributed by atoms with Crippen LogP contribution in [0.1, 0.15) is 0 Å². The van der Waals surface area contributed by atoms with Crippen molar-refractivity contribution in [3.05, 3.63) is 21.1 Å². The van der Waals surface area contributed by atoms with Crippen molar-refractivity contribution in [3.8, 4) is 0 Å². The van der Waals surface area contributed by atoms with E-state index in [0.717, 1.165) is 7.05 Å². The van der Waals surface area contributed by atoms with Gasteiger partial charge in [-0.05, 0) is 28.1 Å². The fraction of sp³-hybridized carbons (Fsp3) is 0.333. The summed E-state index contributed by atoms with van der Waals surface area (Å²) in [6.45, 7) is -1.59. The molecule has 0 aliphatic rings. The molecular weight excluding hydrogens is 417 g/mol. The van der Waals surface area contributed by atoms with E-state index in [1.165, 1.54) is 12.1 Å². The monoisotopic (exact) mass is 424 g/mol. The van der Waals surface area contributed by atoms with Gasteiger partial charge in [-0.2, -0.15) is 17.5 Å². The van der Waals surface area contributed by atoms with Crippen LogP contribution >= 0.6 is 31.9 Å². The third-order valence-electron chi connectivity index (χ3n) is 2.11. The number of nitrogen functional groups attached to an aromatic ring is 1. The summed E-state index contributed by atoms with van der Waals surface area (Å²) in [5.74, 6) is 0. The topological polar surface area (TPSA) is 63.4 Å². The molecule has 0 unspecified atom stereocenters. The van der Waals surface area contributed by atoms with Crippen LogP contribution in [-0.2, 0) is 10.0 Å². The van der Waals surface area contributed by atoms with Gasteiger partial charge < -0.3 is 5.73 Å². The molecule has 1 aromatic carbocycles. The van der Waals surface area contributed by atoms with E-state index in [1.807, 2.05) is 0 Å². The van der Waals surface area contributed by atoms with E-state index in [4.69, 9.17) is 5.73 Å². The molecule has 10 heteroatoms. The summed E-state index contributed by atoms with van der Waals surface area (Å²) in [5, 5.41) is 0. The number of hydrogen-bond acceptors (Lipinski definition) is 3. The highest BCUT2D eigenvalue weighted by atomic mass is 79.9. The summed E-state index contributed by atoms with van der Waals surface area (Å²) in [4.78, 5) is -0.387. The Bertz CT molecular complexity index is 567. The van der Waals surface area contributed by atoms with Crippen molar-refractivity contribution >= 4 is 47.6 Å². The summed E-state index contributed by atoms with van der Waals surface area (Å²) in [6.07, 6.45) is -4.63. The Kier molecular flexibility index (Phi) is 4.92. The standard InChI is InChI=1S/C9H9Br2F3N2O2S/c1-16(4-9(12,13)14)19(17,18)8-6(11)2-5(10)3-7(8)15/h2-3H,4,15H2,1H3. The molecule has 0 amide bonds. The van der Waals surface area contributed by atoms with E-state index in [-0.39, 0.29) is 19.4 Å². The minimum Gasteiger partial charge on any atom is -0.398 e. The van der Waals surface area contributed by atoms with Gasteiger partial charge in [0, 0.05) is 16.0 Å². The fourth-order valence-corrected chi connectivity index (χ4v) is 4.51. The maximum Gasteiger partial charge on any atom is 0.402 e. The molecule has 0 aromatic heterocycles. The van der Waals surface area contributed by atoms with Crippen molar-refractivity contribution in [1.82, 2.24) is 4.31 Å². The van der Waals surface area contributed by atoms with E-state index in [2.05, 4.69) is 31.9 Å². The highest BCUT2D eigenvalue weighted by Gasteiger charge is 2.36. The zero-order valence-electron chi connectivity index (χ0n) is 9.50. The number of nitrogens with zero attached hydrogens (tertiary/aromatic N) is 1. The van der Waals surface area contributed by atoms with Crippen molar-refractivity contribution in [2.45, 2.75) is 11.1 Å². The number of alkyl halides is 3. The largest absolute Gasteiger partial charge is 0.402 e. The van der Waals surface area contributed by atoms with E-state index < -0.39 is 22.7 Å². The summed E-state index contributed by atoms with van der Waals surface area (Å²) in [5.41, 5.74) is 5.42. The minimum absolute atomic E-state index is 0.0911. The van der Waals surface area contributed by atoms with Gasteiger partial charge in [0.2, 0.25) is 10.0 Å². The molecule has 4 nitrogen and oxygen atoms in total. The van der Waals surface area contributed by atoms with Gasteiger partial charge in [0.1, 0.15) is 11.4 Å². The van der Waals surface area contributed by atoms with E-state index in [9.17, 15) is 21.6 Å². The number of anilines is 1. The summed E-state index contributed by atoms with van der Waals surface area (Å²) in [6, 6.07) is 2.70. The number of benzene rings is 1. The normalized spacial score (nSPS) is 13.0. The number of sulfonamides is 1. The lowest BCUT2D eigenvalue weighted by molar-refractivity contribution is -0.134. The van der Waals surface area contributed by atoms with Crippen molar-refractivity contribution < 1.29 is 21.6 Å². The minimum atomic E-state index is -4.63. The maximum atomic E-state index is 12.3. The Morgan fingerprint density at radius 3 is 2.26 bits per heavy atom. The molecule has 19 heavy (non-hydrogen) atoms. The van der Waals surface area contributed by atoms with Gasteiger partial charge in [-0.15, -0.1) is 0 Å². The van der Waals surface area contributed by atoms with Crippen LogP contribution in [0.2, 0.25) is 0 Å². The Hall–Kier alpha value is -0.320. The number of hydrogen-bond donors (Lipinski definition) is 1. The van der Waals surface area contributed by atoms with Crippen LogP contribution in [0.5, 0.6) is 0 Å². The second-order valence-electron chi connectivity index (χ2n) is 3.68. The first-order valence-corrected chi connectivity index (χ1v) is 7.75. The number of rotatable bonds is 3. The van der Waals surface area contributed by atoms with E-state index >= 15 is 0 Å². The van der Waals surface area contributed by atoms with E-state index in [0.29, 0.717) is 4.47 Å². The molecular formula is C9H9Br2F3N2O2S. The summed E-state index contributed by atoms with van der Waals surface area (Å²) >= 11 is 6.09. The molecule has 0 spiro atoms. The van der Waals surface area contributed by atoms with Crippen LogP contribution in [0.3, 0.4) is 0 Å². The molecule has 0 aliphatic heterocycles. The molecule has 0 radical (unpaired) electrons. The molecule has 0 atom stereocenters. The molecule has 2 N–H and O–H groups in total. The number of nitrogens with two attached hydrogens (primary N) is 1. The zero-order chi connectivity index (χ0) is 15.0. The third kappa shape index (κ3) is 4.07. The molecule has 0 aliphatic carbocycles. The van der Waals surface area contributed by atoms with Crippen LogP contribution < -0.4 is 5.73 Å². The molecule has 0 heterocycles. The van der Waals surface area contributed by atoms with Crippen molar-refractivity contribution in [1.29, 1.82) is 0 Å². The Balaban J connectivity index is 3.29. The first kappa shape index (κ1) is 16.7. The van der Waals surface area contributed by atoms with Crippen molar-refractivity contribution in [2.24, 2.45) is 0 Å². The molecule has 0 saturated heterocycles. The quantitative estimate of drug-likeness (QED) is 0.757. The lowest BCUT2D eigenvalue weighted by atomic mass is 10.3. The average molecular weight is 426 g/mol. The Morgan fingerprint density at radius 2 is 1.84 bits per heavy atom. The molecule has 0 bridgehead atoms. The molecule has 108 valence electrons. The fourth-order valence-electron chi connectivity index (χ4n) is 1.35. The van der Waals surface area contributed by atoms with Crippen molar-refractivity contribution in [2.75, 3.05) is 19.3 Å². The Labute approximate surface area is 125 Å². The van der Waals surface area contributed by atoms with Crippen LogP contribution in [0, 0.1) is 0 Å². The molecule has 1 rings (SSSR count). The maximum absolute atomic E-state index is 12.3. The predicted molar refractivity (Wildman–Crippen MR) is 72.1 cm³/mol. The second-order valence-corrected chi connectivity index (χ2v) is 7.43. The highest BCUT2D eigenvalue weighted by Crippen LogP contribution is 2.34. The lowest BCUT2D eigenvalue weighted by Gasteiger charge is -2.20. The van der Waals surface area contributed by atoms with Gasteiger partial charge in [0.05, 0.1) is 5.69 Å². The summed E-state index contributed by atoms with van der Waals surface area (Å²) < 4.78 is 61.7. The van der Waals surface area contributed by atoms with Gasteiger partial charge in [0.25, 0.3) is 0 Å². The average Bonchev–Trinajstić information content (AvgIpc) is 2.11. The van der Waals surface area contributed by atoms with Gasteiger partial charge in [-0.1, -0.05) is 15.9 Å². The van der Waals surface area contributed by atoms with Crippen LogP contribution in [0.15, 0.2) is 26.0 Å². The van der Waals surface area contributed by atoms with Gasteiger partial charge in [-0.25, -0.2) is 8.42 Å². The van der Waals surface area contributed by atoms with Crippen molar-refractivity contribution in [3.63, 3.8) is 0 Å².